The maximum atomic E-state index is 13.4. The van der Waals surface area contributed by atoms with Crippen molar-refractivity contribution in [1.82, 2.24) is 9.55 Å². The monoisotopic (exact) mass is 470 g/mol. The van der Waals surface area contributed by atoms with Crippen LogP contribution in [0.2, 0.25) is 0 Å². The molecular formula is C22H19BrN2O5. The number of fused-ring (bicyclic) bond motifs is 2. The van der Waals surface area contributed by atoms with Crippen LogP contribution < -0.4 is 15.7 Å². The van der Waals surface area contributed by atoms with Crippen molar-refractivity contribution in [2.75, 3.05) is 20.8 Å². The molecule has 0 amide bonds. The molecule has 0 saturated carbocycles. The third kappa shape index (κ3) is 3.64. The molecule has 154 valence electrons. The fourth-order valence-corrected chi connectivity index (χ4v) is 3.77. The predicted molar refractivity (Wildman–Crippen MR) is 118 cm³/mol. The smallest absolute Gasteiger partial charge is 0.269 e. The van der Waals surface area contributed by atoms with Crippen molar-refractivity contribution in [3.63, 3.8) is 0 Å². The highest BCUT2D eigenvalue weighted by Crippen LogP contribution is 2.25. The molecule has 0 spiro atoms. The zero-order valence-corrected chi connectivity index (χ0v) is 18.1. The van der Waals surface area contributed by atoms with Crippen LogP contribution in [-0.4, -0.2) is 30.4 Å². The largest absolute Gasteiger partial charge is 0.497 e. The SMILES string of the molecule is COCCCn1c(-c2cccc(Br)c2)nc2oc3cc(OC)ccc3c(=O)c2c1=O. The van der Waals surface area contributed by atoms with Crippen LogP contribution in [0.4, 0.5) is 0 Å². The van der Waals surface area contributed by atoms with Gasteiger partial charge in [-0.05, 0) is 30.7 Å². The van der Waals surface area contributed by atoms with Crippen LogP contribution >= 0.6 is 15.9 Å². The van der Waals surface area contributed by atoms with Gasteiger partial charge in [-0.1, -0.05) is 28.1 Å². The standard InChI is InChI=1S/C22H19BrN2O5/c1-28-10-4-9-25-20(13-5-3-6-14(23)11-13)24-21-18(22(25)27)19(26)16-8-7-15(29-2)12-17(16)30-21/h3,5-8,11-12H,4,9-10H2,1-2H3. The van der Waals surface area contributed by atoms with Crippen molar-refractivity contribution < 1.29 is 13.9 Å². The first kappa shape index (κ1) is 20.3. The third-order valence-corrected chi connectivity index (χ3v) is 5.31. The lowest BCUT2D eigenvalue weighted by atomic mass is 10.1. The zero-order chi connectivity index (χ0) is 21.3. The Bertz CT molecular complexity index is 1360. The van der Waals surface area contributed by atoms with Gasteiger partial charge in [0.1, 0.15) is 17.2 Å². The fourth-order valence-electron chi connectivity index (χ4n) is 3.37. The van der Waals surface area contributed by atoms with Gasteiger partial charge < -0.3 is 13.9 Å². The van der Waals surface area contributed by atoms with E-state index in [1.165, 1.54) is 11.7 Å². The van der Waals surface area contributed by atoms with Gasteiger partial charge in [0.2, 0.25) is 11.1 Å². The number of rotatable bonds is 6. The van der Waals surface area contributed by atoms with Gasteiger partial charge in [-0.2, -0.15) is 4.98 Å². The summed E-state index contributed by atoms with van der Waals surface area (Å²) >= 11 is 3.45. The Morgan fingerprint density at radius 1 is 1.13 bits per heavy atom. The van der Waals surface area contributed by atoms with Crippen molar-refractivity contribution in [2.24, 2.45) is 0 Å². The molecule has 0 aliphatic rings. The molecule has 0 aliphatic carbocycles. The first-order valence-corrected chi connectivity index (χ1v) is 10.1. The minimum Gasteiger partial charge on any atom is -0.497 e. The Balaban J connectivity index is 2.05. The van der Waals surface area contributed by atoms with E-state index in [1.54, 1.807) is 25.3 Å². The van der Waals surface area contributed by atoms with Gasteiger partial charge in [-0.15, -0.1) is 0 Å². The third-order valence-electron chi connectivity index (χ3n) is 4.82. The van der Waals surface area contributed by atoms with E-state index in [4.69, 9.17) is 13.9 Å². The van der Waals surface area contributed by atoms with E-state index in [-0.39, 0.29) is 11.1 Å². The molecule has 0 atom stereocenters. The number of nitrogens with zero attached hydrogens (tertiary/aromatic N) is 2. The van der Waals surface area contributed by atoms with Crippen molar-refractivity contribution in [3.05, 3.63) is 67.5 Å². The molecule has 0 radical (unpaired) electrons. The molecule has 2 heterocycles. The number of hydrogen-bond acceptors (Lipinski definition) is 6. The number of aromatic nitrogens is 2. The van der Waals surface area contributed by atoms with Crippen molar-refractivity contribution in [2.45, 2.75) is 13.0 Å². The van der Waals surface area contributed by atoms with Gasteiger partial charge in [0, 0.05) is 36.4 Å². The topological polar surface area (TPSA) is 83.6 Å². The van der Waals surface area contributed by atoms with Gasteiger partial charge in [0.05, 0.1) is 12.5 Å². The summed E-state index contributed by atoms with van der Waals surface area (Å²) < 4.78 is 18.6. The summed E-state index contributed by atoms with van der Waals surface area (Å²) in [6.07, 6.45) is 0.598. The second-order valence-corrected chi connectivity index (χ2v) is 7.64. The number of ether oxygens (including phenoxy) is 2. The number of hydrogen-bond donors (Lipinski definition) is 0. The molecule has 8 heteroatoms. The lowest BCUT2D eigenvalue weighted by Gasteiger charge is -2.13. The molecule has 0 unspecified atom stereocenters. The van der Waals surface area contributed by atoms with Gasteiger partial charge in [-0.25, -0.2) is 0 Å². The van der Waals surface area contributed by atoms with Crippen LogP contribution in [-0.2, 0) is 11.3 Å². The molecule has 0 aliphatic heterocycles. The average molecular weight is 471 g/mol. The Morgan fingerprint density at radius 3 is 2.70 bits per heavy atom. The van der Waals surface area contributed by atoms with E-state index in [0.717, 1.165) is 10.0 Å². The second kappa shape index (κ2) is 8.41. The maximum absolute atomic E-state index is 13.4. The van der Waals surface area contributed by atoms with Crippen LogP contribution in [0.25, 0.3) is 33.5 Å². The molecule has 2 aromatic heterocycles. The highest BCUT2D eigenvalue weighted by atomic mass is 79.9. The average Bonchev–Trinajstić information content (AvgIpc) is 2.74. The number of halogens is 1. The first-order valence-electron chi connectivity index (χ1n) is 9.33. The van der Waals surface area contributed by atoms with Gasteiger partial charge >= 0.3 is 0 Å². The van der Waals surface area contributed by atoms with Gasteiger partial charge in [0.25, 0.3) is 5.56 Å². The quantitative estimate of drug-likeness (QED) is 0.313. The second-order valence-electron chi connectivity index (χ2n) is 6.72. The molecule has 0 saturated heterocycles. The number of methoxy groups -OCH3 is 2. The molecule has 0 bridgehead atoms. The molecule has 4 aromatic rings. The molecule has 7 nitrogen and oxygen atoms in total. The zero-order valence-electron chi connectivity index (χ0n) is 16.5. The van der Waals surface area contributed by atoms with Crippen LogP contribution in [0, 0.1) is 0 Å². The van der Waals surface area contributed by atoms with Crippen LogP contribution in [0.3, 0.4) is 0 Å². The van der Waals surface area contributed by atoms with Gasteiger partial charge in [-0.3, -0.25) is 14.2 Å². The fraction of sp³-hybridized carbons (Fsp3) is 0.227. The van der Waals surface area contributed by atoms with Crippen LogP contribution in [0.15, 0.2) is 60.9 Å². The van der Waals surface area contributed by atoms with E-state index < -0.39 is 11.0 Å². The molecule has 4 rings (SSSR count). The van der Waals surface area contributed by atoms with E-state index in [2.05, 4.69) is 20.9 Å². The van der Waals surface area contributed by atoms with E-state index >= 15 is 0 Å². The van der Waals surface area contributed by atoms with Crippen molar-refractivity contribution in [1.29, 1.82) is 0 Å². The summed E-state index contributed by atoms with van der Waals surface area (Å²) in [4.78, 5) is 31.1. The molecular weight excluding hydrogens is 452 g/mol. The lowest BCUT2D eigenvalue weighted by Crippen LogP contribution is -2.28. The number of benzene rings is 2. The maximum Gasteiger partial charge on any atom is 0.269 e. The predicted octanol–water partition coefficient (Wildman–Crippen LogP) is 3.98. The summed E-state index contributed by atoms with van der Waals surface area (Å²) in [5.41, 5.74) is 0.208. The molecule has 0 N–H and O–H groups in total. The minimum atomic E-state index is -0.433. The summed E-state index contributed by atoms with van der Waals surface area (Å²) in [6.45, 7) is 0.839. The van der Waals surface area contributed by atoms with Crippen LogP contribution in [0.1, 0.15) is 6.42 Å². The molecule has 30 heavy (non-hydrogen) atoms. The minimum absolute atomic E-state index is 0.00344. The summed E-state index contributed by atoms with van der Waals surface area (Å²) in [5, 5.41) is 0.240. The molecule has 0 fully saturated rings. The van der Waals surface area contributed by atoms with Crippen molar-refractivity contribution in [3.8, 4) is 17.1 Å². The Hall–Kier alpha value is -2.97. The summed E-state index contributed by atoms with van der Waals surface area (Å²) in [6, 6.07) is 12.3. The Kier molecular flexibility index (Phi) is 5.69. The molecule has 2 aromatic carbocycles. The summed E-state index contributed by atoms with van der Waals surface area (Å²) in [7, 11) is 3.13. The van der Waals surface area contributed by atoms with Crippen LogP contribution in [0.5, 0.6) is 5.75 Å². The highest BCUT2D eigenvalue weighted by Gasteiger charge is 2.19. The van der Waals surface area contributed by atoms with E-state index in [1.807, 2.05) is 24.3 Å². The summed E-state index contributed by atoms with van der Waals surface area (Å²) in [5.74, 6) is 0.973. The normalized spacial score (nSPS) is 11.3. The highest BCUT2D eigenvalue weighted by molar-refractivity contribution is 9.10. The van der Waals surface area contributed by atoms with Gasteiger partial charge in [0.15, 0.2) is 5.39 Å². The van der Waals surface area contributed by atoms with Crippen molar-refractivity contribution >= 4 is 38.0 Å². The lowest BCUT2D eigenvalue weighted by molar-refractivity contribution is 0.190. The van der Waals surface area contributed by atoms with E-state index in [9.17, 15) is 9.59 Å². The van der Waals surface area contributed by atoms with E-state index in [0.29, 0.717) is 42.1 Å². The Labute approximate surface area is 180 Å². The first-order chi connectivity index (χ1) is 14.5. The Morgan fingerprint density at radius 2 is 1.97 bits per heavy atom.